The molecule has 0 spiro atoms. The van der Waals surface area contributed by atoms with Crippen LogP contribution in [0, 0.1) is 0 Å². The molecule has 3 nitrogen and oxygen atoms in total. The molecular formula is C13H27NO2. The molecule has 0 aromatic rings. The number of carbonyl (C=O) groups excluding carboxylic acids is 1. The number of unbranched alkanes of at least 4 members (excludes halogenated alkanes) is 5. The van der Waals surface area contributed by atoms with Gasteiger partial charge in [0.2, 0.25) is 0 Å². The van der Waals surface area contributed by atoms with Crippen molar-refractivity contribution in [1.29, 1.82) is 0 Å². The molecule has 0 saturated carbocycles. The normalized spacial score (nSPS) is 10.8. The van der Waals surface area contributed by atoms with Gasteiger partial charge >= 0.3 is 5.97 Å². The van der Waals surface area contributed by atoms with Crippen molar-refractivity contribution in [2.45, 2.75) is 65.7 Å². The summed E-state index contributed by atoms with van der Waals surface area (Å²) in [5, 5.41) is 1.69. The molecule has 0 aromatic carbocycles. The lowest BCUT2D eigenvalue weighted by molar-refractivity contribution is -0.188. The maximum absolute atomic E-state index is 11.4. The minimum absolute atomic E-state index is 0.0841. The van der Waals surface area contributed by atoms with E-state index in [1.54, 1.807) is 5.06 Å². The van der Waals surface area contributed by atoms with Crippen molar-refractivity contribution in [3.8, 4) is 0 Å². The van der Waals surface area contributed by atoms with E-state index < -0.39 is 0 Å². The Morgan fingerprint density at radius 3 is 2.06 bits per heavy atom. The molecule has 16 heavy (non-hydrogen) atoms. The number of hydrogen-bond acceptors (Lipinski definition) is 3. The standard InChI is InChI=1S/C13H27NO2/c1-4-7-8-9-10-11-12-13(15)16-14(5-2)6-3/h4-12H2,1-3H3. The first-order chi connectivity index (χ1) is 7.74. The fraction of sp³-hybridized carbons (Fsp3) is 0.923. The summed E-state index contributed by atoms with van der Waals surface area (Å²) in [5.74, 6) is -0.0841. The third-order valence-electron chi connectivity index (χ3n) is 2.67. The van der Waals surface area contributed by atoms with E-state index in [0.717, 1.165) is 25.9 Å². The van der Waals surface area contributed by atoms with Crippen molar-refractivity contribution in [3.63, 3.8) is 0 Å². The van der Waals surface area contributed by atoms with Gasteiger partial charge in [-0.25, -0.2) is 0 Å². The molecule has 0 heterocycles. The van der Waals surface area contributed by atoms with Crippen LogP contribution in [0.25, 0.3) is 0 Å². The highest BCUT2D eigenvalue weighted by molar-refractivity contribution is 5.68. The third-order valence-corrected chi connectivity index (χ3v) is 2.67. The van der Waals surface area contributed by atoms with Crippen LogP contribution in [0.3, 0.4) is 0 Å². The van der Waals surface area contributed by atoms with Crippen LogP contribution in [0.4, 0.5) is 0 Å². The number of hydroxylamine groups is 2. The molecule has 0 atom stereocenters. The molecule has 0 bridgehead atoms. The van der Waals surface area contributed by atoms with Gasteiger partial charge in [-0.05, 0) is 20.3 Å². The van der Waals surface area contributed by atoms with Gasteiger partial charge in [0, 0.05) is 19.5 Å². The minimum atomic E-state index is -0.0841. The number of nitrogens with zero attached hydrogens (tertiary/aromatic N) is 1. The highest BCUT2D eigenvalue weighted by Gasteiger charge is 2.07. The Morgan fingerprint density at radius 1 is 0.938 bits per heavy atom. The summed E-state index contributed by atoms with van der Waals surface area (Å²) >= 11 is 0. The van der Waals surface area contributed by atoms with E-state index in [9.17, 15) is 4.79 Å². The first kappa shape index (κ1) is 15.4. The van der Waals surface area contributed by atoms with Crippen LogP contribution in [0.15, 0.2) is 0 Å². The molecule has 0 N–H and O–H groups in total. The summed E-state index contributed by atoms with van der Waals surface area (Å²) < 4.78 is 0. The SMILES string of the molecule is CCCCCCCCC(=O)ON(CC)CC. The Balaban J connectivity index is 3.36. The van der Waals surface area contributed by atoms with E-state index in [2.05, 4.69) is 6.92 Å². The lowest BCUT2D eigenvalue weighted by atomic mass is 10.1. The van der Waals surface area contributed by atoms with Crippen molar-refractivity contribution in [1.82, 2.24) is 5.06 Å². The van der Waals surface area contributed by atoms with E-state index >= 15 is 0 Å². The fourth-order valence-corrected chi connectivity index (χ4v) is 1.59. The average molecular weight is 229 g/mol. The highest BCUT2D eigenvalue weighted by Crippen LogP contribution is 2.07. The van der Waals surface area contributed by atoms with Crippen LogP contribution in [0.5, 0.6) is 0 Å². The second-order valence-electron chi connectivity index (χ2n) is 4.10. The van der Waals surface area contributed by atoms with Crippen LogP contribution < -0.4 is 0 Å². The van der Waals surface area contributed by atoms with Gasteiger partial charge in [0.05, 0.1) is 0 Å². The average Bonchev–Trinajstić information content (AvgIpc) is 2.30. The molecule has 0 aromatic heterocycles. The zero-order valence-electron chi connectivity index (χ0n) is 11.1. The smallest absolute Gasteiger partial charge is 0.325 e. The second kappa shape index (κ2) is 10.9. The number of carbonyl (C=O) groups is 1. The molecular weight excluding hydrogens is 202 g/mol. The number of hydrogen-bond donors (Lipinski definition) is 0. The van der Waals surface area contributed by atoms with Gasteiger partial charge < -0.3 is 4.84 Å². The van der Waals surface area contributed by atoms with Gasteiger partial charge in [-0.1, -0.05) is 39.0 Å². The Kier molecular flexibility index (Phi) is 10.5. The van der Waals surface area contributed by atoms with Crippen molar-refractivity contribution in [2.24, 2.45) is 0 Å². The molecule has 0 aliphatic heterocycles. The molecule has 0 fully saturated rings. The summed E-state index contributed by atoms with van der Waals surface area (Å²) in [6, 6.07) is 0. The Bertz CT molecular complexity index is 167. The maximum Gasteiger partial charge on any atom is 0.325 e. The first-order valence-corrected chi connectivity index (χ1v) is 6.70. The fourth-order valence-electron chi connectivity index (χ4n) is 1.59. The van der Waals surface area contributed by atoms with Crippen molar-refractivity contribution >= 4 is 5.97 Å². The summed E-state index contributed by atoms with van der Waals surface area (Å²) in [5.41, 5.74) is 0. The zero-order valence-corrected chi connectivity index (χ0v) is 11.1. The topological polar surface area (TPSA) is 29.5 Å². The Morgan fingerprint density at radius 2 is 1.50 bits per heavy atom. The van der Waals surface area contributed by atoms with Gasteiger partial charge in [-0.15, -0.1) is 5.06 Å². The van der Waals surface area contributed by atoms with Crippen LogP contribution in [-0.4, -0.2) is 24.1 Å². The highest BCUT2D eigenvalue weighted by atomic mass is 16.7. The largest absolute Gasteiger partial charge is 0.368 e. The van der Waals surface area contributed by atoms with E-state index in [1.165, 1.54) is 25.7 Å². The van der Waals surface area contributed by atoms with E-state index in [-0.39, 0.29) is 5.97 Å². The van der Waals surface area contributed by atoms with Crippen molar-refractivity contribution in [3.05, 3.63) is 0 Å². The van der Waals surface area contributed by atoms with Crippen molar-refractivity contribution < 1.29 is 9.63 Å². The maximum atomic E-state index is 11.4. The predicted octanol–water partition coefficient (Wildman–Crippen LogP) is 3.54. The summed E-state index contributed by atoms with van der Waals surface area (Å²) in [7, 11) is 0. The second-order valence-corrected chi connectivity index (χ2v) is 4.10. The van der Waals surface area contributed by atoms with Gasteiger partial charge in [0.15, 0.2) is 0 Å². The molecule has 0 unspecified atom stereocenters. The Labute approximate surface area is 100 Å². The minimum Gasteiger partial charge on any atom is -0.368 e. The summed E-state index contributed by atoms with van der Waals surface area (Å²) in [6.07, 6.45) is 7.78. The molecule has 0 rings (SSSR count). The molecule has 0 radical (unpaired) electrons. The third kappa shape index (κ3) is 8.72. The molecule has 0 amide bonds. The first-order valence-electron chi connectivity index (χ1n) is 6.70. The summed E-state index contributed by atoms with van der Waals surface area (Å²) in [4.78, 5) is 16.6. The van der Waals surface area contributed by atoms with Gasteiger partial charge in [-0.2, -0.15) is 0 Å². The van der Waals surface area contributed by atoms with E-state index in [1.807, 2.05) is 13.8 Å². The van der Waals surface area contributed by atoms with Crippen LogP contribution in [0.1, 0.15) is 65.7 Å². The quantitative estimate of drug-likeness (QED) is 0.424. The molecule has 0 aliphatic carbocycles. The van der Waals surface area contributed by atoms with Gasteiger partial charge in [-0.3, -0.25) is 4.79 Å². The molecule has 0 aliphatic rings. The van der Waals surface area contributed by atoms with Crippen LogP contribution in [0.2, 0.25) is 0 Å². The van der Waals surface area contributed by atoms with Gasteiger partial charge in [0.1, 0.15) is 0 Å². The monoisotopic (exact) mass is 229 g/mol. The van der Waals surface area contributed by atoms with E-state index in [4.69, 9.17) is 4.84 Å². The lowest BCUT2D eigenvalue weighted by Gasteiger charge is -2.16. The lowest BCUT2D eigenvalue weighted by Crippen LogP contribution is -2.26. The van der Waals surface area contributed by atoms with Gasteiger partial charge in [0.25, 0.3) is 0 Å². The molecule has 3 heteroatoms. The van der Waals surface area contributed by atoms with Crippen LogP contribution >= 0.6 is 0 Å². The van der Waals surface area contributed by atoms with E-state index in [0.29, 0.717) is 6.42 Å². The number of rotatable bonds is 10. The molecule has 0 saturated heterocycles. The molecule has 96 valence electrons. The summed E-state index contributed by atoms with van der Waals surface area (Å²) in [6.45, 7) is 7.71. The Hall–Kier alpha value is -0.570. The van der Waals surface area contributed by atoms with Crippen molar-refractivity contribution in [2.75, 3.05) is 13.1 Å². The van der Waals surface area contributed by atoms with Crippen LogP contribution in [-0.2, 0) is 9.63 Å². The predicted molar refractivity (Wildman–Crippen MR) is 67.0 cm³/mol. The zero-order chi connectivity index (χ0) is 12.2.